The lowest BCUT2D eigenvalue weighted by Gasteiger charge is -2.07. The third-order valence-electron chi connectivity index (χ3n) is 2.24. The van der Waals surface area contributed by atoms with Gasteiger partial charge in [0.25, 0.3) is 0 Å². The first kappa shape index (κ1) is 13.3. The zero-order valence-corrected chi connectivity index (χ0v) is 12.1. The molecule has 5 heteroatoms. The van der Waals surface area contributed by atoms with E-state index in [0.717, 1.165) is 11.1 Å². The summed E-state index contributed by atoms with van der Waals surface area (Å²) in [7, 11) is 0. The van der Waals surface area contributed by atoms with Crippen molar-refractivity contribution in [3.8, 4) is 11.1 Å². The highest BCUT2D eigenvalue weighted by Gasteiger charge is 2.09. The Bertz CT molecular complexity index is 577. The van der Waals surface area contributed by atoms with Crippen molar-refractivity contribution in [2.45, 2.75) is 0 Å². The zero-order valence-electron chi connectivity index (χ0n) is 8.28. The van der Waals surface area contributed by atoms with Crippen molar-refractivity contribution >= 4 is 58.0 Å². The number of benzene rings is 2. The second-order valence-corrected chi connectivity index (χ2v) is 5.41. The molecule has 0 aromatic heterocycles. The minimum atomic E-state index is 0.417. The molecule has 17 heavy (non-hydrogen) atoms. The van der Waals surface area contributed by atoms with Crippen molar-refractivity contribution in [1.29, 1.82) is 0 Å². The van der Waals surface area contributed by atoms with Crippen LogP contribution in [0.25, 0.3) is 11.1 Å². The summed E-state index contributed by atoms with van der Waals surface area (Å²) < 4.78 is 0. The van der Waals surface area contributed by atoms with Crippen LogP contribution in [0.3, 0.4) is 0 Å². The Kier molecular flexibility index (Phi) is 4.12. The molecule has 0 spiro atoms. The molecular formula is C12H5Cl5. The first-order chi connectivity index (χ1) is 7.99. The topological polar surface area (TPSA) is 0 Å². The van der Waals surface area contributed by atoms with E-state index in [2.05, 4.69) is 0 Å². The molecule has 0 radical (unpaired) electrons. The van der Waals surface area contributed by atoms with E-state index in [1.165, 1.54) is 0 Å². The highest BCUT2D eigenvalue weighted by molar-refractivity contribution is 6.44. The highest BCUT2D eigenvalue weighted by atomic mass is 35.5. The number of halogens is 5. The number of hydrogen-bond donors (Lipinski definition) is 0. The van der Waals surface area contributed by atoms with Crippen LogP contribution in [-0.4, -0.2) is 0 Å². The molecule has 0 atom stereocenters. The average Bonchev–Trinajstić information content (AvgIpc) is 2.27. The molecule has 0 aliphatic rings. The van der Waals surface area contributed by atoms with Crippen LogP contribution >= 0.6 is 58.0 Å². The van der Waals surface area contributed by atoms with E-state index >= 15 is 0 Å². The molecule has 0 unspecified atom stereocenters. The van der Waals surface area contributed by atoms with E-state index in [4.69, 9.17) is 58.0 Å². The van der Waals surface area contributed by atoms with E-state index in [9.17, 15) is 0 Å². The van der Waals surface area contributed by atoms with Gasteiger partial charge in [-0.15, -0.1) is 0 Å². The predicted molar refractivity (Wildman–Crippen MR) is 76.9 cm³/mol. The van der Waals surface area contributed by atoms with Gasteiger partial charge in [-0.1, -0.05) is 64.1 Å². The monoisotopic (exact) mass is 336 g/mol. The van der Waals surface area contributed by atoms with Gasteiger partial charge in [0.1, 0.15) is 0 Å². The van der Waals surface area contributed by atoms with Crippen LogP contribution in [0.5, 0.6) is 0 Å². The summed E-state index contributed by atoms with van der Waals surface area (Å²) in [4.78, 5) is 0. The quantitative estimate of drug-likeness (QED) is 0.513. The van der Waals surface area contributed by atoms with Crippen LogP contribution in [0.4, 0.5) is 0 Å². The van der Waals surface area contributed by atoms with E-state index < -0.39 is 0 Å². The van der Waals surface area contributed by atoms with Crippen molar-refractivity contribution in [2.24, 2.45) is 0 Å². The second kappa shape index (κ2) is 5.26. The molecule has 0 saturated heterocycles. The second-order valence-electron chi connectivity index (χ2n) is 3.38. The lowest BCUT2D eigenvalue weighted by Crippen LogP contribution is -1.82. The minimum Gasteiger partial charge on any atom is -0.0836 e. The molecule has 88 valence electrons. The van der Waals surface area contributed by atoms with Crippen molar-refractivity contribution in [1.82, 2.24) is 0 Å². The Balaban J connectivity index is 2.60. The lowest BCUT2D eigenvalue weighted by molar-refractivity contribution is 1.61. The van der Waals surface area contributed by atoms with E-state index in [-0.39, 0.29) is 0 Å². The van der Waals surface area contributed by atoms with Gasteiger partial charge >= 0.3 is 0 Å². The molecule has 0 heterocycles. The zero-order chi connectivity index (χ0) is 12.6. The van der Waals surface area contributed by atoms with Gasteiger partial charge in [-0.3, -0.25) is 0 Å². The summed E-state index contributed by atoms with van der Waals surface area (Å²) in [5.74, 6) is 0. The maximum atomic E-state index is 6.11. The van der Waals surface area contributed by atoms with Gasteiger partial charge < -0.3 is 0 Å². The summed E-state index contributed by atoms with van der Waals surface area (Å²) in [6, 6.07) is 8.56. The van der Waals surface area contributed by atoms with Crippen molar-refractivity contribution in [3.63, 3.8) is 0 Å². The smallest absolute Gasteiger partial charge is 0.0607 e. The van der Waals surface area contributed by atoms with Gasteiger partial charge in [-0.05, 0) is 29.8 Å². The summed E-state index contributed by atoms with van der Waals surface area (Å²) in [5, 5.41) is 2.33. The van der Waals surface area contributed by atoms with Crippen molar-refractivity contribution in [2.75, 3.05) is 0 Å². The summed E-state index contributed by atoms with van der Waals surface area (Å²) in [5.41, 5.74) is 1.60. The molecule has 0 fully saturated rings. The summed E-state index contributed by atoms with van der Waals surface area (Å²) >= 11 is 29.7. The van der Waals surface area contributed by atoms with Gasteiger partial charge in [0.05, 0.1) is 20.1 Å². The molecule has 2 rings (SSSR count). The molecular weight excluding hydrogens is 333 g/mol. The van der Waals surface area contributed by atoms with Gasteiger partial charge in [0.15, 0.2) is 0 Å². The predicted octanol–water partition coefficient (Wildman–Crippen LogP) is 6.62. The third kappa shape index (κ3) is 2.83. The number of rotatable bonds is 1. The van der Waals surface area contributed by atoms with E-state index in [1.807, 2.05) is 6.07 Å². The Morgan fingerprint density at radius 2 is 1.12 bits per heavy atom. The molecule has 2 aromatic rings. The normalized spacial score (nSPS) is 10.6. The first-order valence-electron chi connectivity index (χ1n) is 4.59. The third-order valence-corrected chi connectivity index (χ3v) is 4.01. The lowest BCUT2D eigenvalue weighted by atomic mass is 11.1. The summed E-state index contributed by atoms with van der Waals surface area (Å²) in [6.07, 6.45) is 0. The Labute approximate surface area is 124 Å². The highest BCUT2D eigenvalue weighted by Crippen LogP contribution is 2.37. The Morgan fingerprint density at radius 3 is 1.76 bits per heavy atom. The van der Waals surface area contributed by atoms with Crippen LogP contribution in [0.2, 0.25) is 25.1 Å². The fourth-order valence-corrected chi connectivity index (χ4v) is 2.36. The van der Waals surface area contributed by atoms with Crippen molar-refractivity contribution in [3.05, 3.63) is 55.4 Å². The van der Waals surface area contributed by atoms with E-state index in [0.29, 0.717) is 25.1 Å². The first-order valence-corrected chi connectivity index (χ1v) is 6.48. The standard InChI is InChI=1S/C12H5Cl5/c13-8-2-1-6(3-10(8)15)7-4-11(16)12(17)5-9(7)14/h1-5H/i1+1,2+1,3+1,4+1,5+1,6+1,7+1,8+1,9+1,10+1,11+1,12+1. The maximum absolute atomic E-state index is 6.11. The summed E-state index contributed by atoms with van der Waals surface area (Å²) in [6.45, 7) is 0. The van der Waals surface area contributed by atoms with Gasteiger partial charge in [-0.25, -0.2) is 0 Å². The fraction of sp³-hybridized carbons (Fsp3) is 0. The van der Waals surface area contributed by atoms with Gasteiger partial charge in [0, 0.05) is 10.6 Å². The van der Waals surface area contributed by atoms with Gasteiger partial charge in [0.2, 0.25) is 0 Å². The van der Waals surface area contributed by atoms with Crippen LogP contribution in [0.1, 0.15) is 0 Å². The molecule has 0 N–H and O–H groups in total. The molecule has 0 bridgehead atoms. The molecule has 0 saturated carbocycles. The molecule has 0 aliphatic heterocycles. The largest absolute Gasteiger partial charge is 0.0836 e. The Morgan fingerprint density at radius 1 is 0.529 bits per heavy atom. The van der Waals surface area contributed by atoms with E-state index in [1.54, 1.807) is 24.3 Å². The van der Waals surface area contributed by atoms with Crippen LogP contribution in [0.15, 0.2) is 30.3 Å². The SMILES string of the molecule is Cl[13c]1[13cH][13cH][13c](-[13c]2[13cH][13c](Cl)[13c](Cl)[13cH][13c]2Cl)[13cH][13c]1Cl. The average molecular weight is 338 g/mol. The van der Waals surface area contributed by atoms with Crippen LogP contribution in [0, 0.1) is 0 Å². The minimum absolute atomic E-state index is 0.417. The maximum Gasteiger partial charge on any atom is 0.0607 e. The molecule has 0 nitrogen and oxygen atoms in total. The number of hydrogen-bond acceptors (Lipinski definition) is 0. The molecule has 2 aromatic carbocycles. The fourth-order valence-electron chi connectivity index (χ4n) is 1.41. The van der Waals surface area contributed by atoms with Crippen LogP contribution < -0.4 is 0 Å². The Hall–Kier alpha value is -0.110. The van der Waals surface area contributed by atoms with Crippen LogP contribution in [-0.2, 0) is 0 Å². The molecule has 0 amide bonds. The van der Waals surface area contributed by atoms with Gasteiger partial charge in [-0.2, -0.15) is 0 Å². The molecule has 0 aliphatic carbocycles. The van der Waals surface area contributed by atoms with Crippen molar-refractivity contribution < 1.29 is 0 Å².